The van der Waals surface area contributed by atoms with Gasteiger partial charge in [-0.3, -0.25) is 0 Å². The number of hydrogen-bond acceptors (Lipinski definition) is 2. The molecule has 0 saturated heterocycles. The van der Waals surface area contributed by atoms with Crippen LogP contribution in [-0.4, -0.2) is 16.5 Å². The van der Waals surface area contributed by atoms with Gasteiger partial charge in [0, 0.05) is 6.04 Å². The van der Waals surface area contributed by atoms with Gasteiger partial charge in [0.05, 0.1) is 11.0 Å². The number of aromatic nitrogens is 2. The minimum Gasteiger partial charge on any atom is -0.310 e. The lowest BCUT2D eigenvalue weighted by molar-refractivity contribution is 0.538. The van der Waals surface area contributed by atoms with Crippen LogP contribution < -0.4 is 11.0 Å². The van der Waals surface area contributed by atoms with Crippen LogP contribution in [0, 0.1) is 0 Å². The SMILES string of the molecule is CCNC(CC)c1ccc2[nH]c(=O)[nH]c2c1. The quantitative estimate of drug-likeness (QED) is 0.735. The second-order valence-electron chi connectivity index (χ2n) is 3.90. The van der Waals surface area contributed by atoms with Crippen LogP contribution in [0.1, 0.15) is 31.9 Å². The van der Waals surface area contributed by atoms with Crippen molar-refractivity contribution in [2.24, 2.45) is 0 Å². The van der Waals surface area contributed by atoms with Crippen molar-refractivity contribution in [2.75, 3.05) is 6.54 Å². The van der Waals surface area contributed by atoms with Gasteiger partial charge in [0.25, 0.3) is 0 Å². The maximum Gasteiger partial charge on any atom is 0.323 e. The van der Waals surface area contributed by atoms with E-state index >= 15 is 0 Å². The Hall–Kier alpha value is -1.55. The molecule has 86 valence electrons. The van der Waals surface area contributed by atoms with Gasteiger partial charge in [0.15, 0.2) is 0 Å². The summed E-state index contributed by atoms with van der Waals surface area (Å²) < 4.78 is 0. The van der Waals surface area contributed by atoms with Crippen molar-refractivity contribution >= 4 is 11.0 Å². The summed E-state index contributed by atoms with van der Waals surface area (Å²) in [5, 5.41) is 3.42. The first-order valence-electron chi connectivity index (χ1n) is 5.70. The van der Waals surface area contributed by atoms with E-state index in [1.54, 1.807) is 0 Å². The smallest absolute Gasteiger partial charge is 0.310 e. The highest BCUT2D eigenvalue weighted by Crippen LogP contribution is 2.19. The lowest BCUT2D eigenvalue weighted by Crippen LogP contribution is -2.19. The molecule has 0 aliphatic heterocycles. The molecule has 0 spiro atoms. The molecular weight excluding hydrogens is 202 g/mol. The summed E-state index contributed by atoms with van der Waals surface area (Å²) in [5.74, 6) is 0. The Kier molecular flexibility index (Phi) is 3.10. The summed E-state index contributed by atoms with van der Waals surface area (Å²) in [7, 11) is 0. The van der Waals surface area contributed by atoms with Crippen molar-refractivity contribution < 1.29 is 0 Å². The number of aromatic amines is 2. The molecule has 1 aromatic heterocycles. The number of imidazole rings is 1. The molecule has 3 N–H and O–H groups in total. The summed E-state index contributed by atoms with van der Waals surface area (Å²) in [6, 6.07) is 6.39. The van der Waals surface area contributed by atoms with E-state index in [2.05, 4.69) is 35.2 Å². The van der Waals surface area contributed by atoms with Gasteiger partial charge in [-0.25, -0.2) is 4.79 Å². The highest BCUT2D eigenvalue weighted by Gasteiger charge is 2.08. The fourth-order valence-electron chi connectivity index (χ4n) is 2.01. The van der Waals surface area contributed by atoms with E-state index in [0.29, 0.717) is 6.04 Å². The van der Waals surface area contributed by atoms with Crippen LogP contribution in [0.15, 0.2) is 23.0 Å². The van der Waals surface area contributed by atoms with Gasteiger partial charge in [-0.1, -0.05) is 19.9 Å². The fourth-order valence-corrected chi connectivity index (χ4v) is 2.01. The van der Waals surface area contributed by atoms with Gasteiger partial charge >= 0.3 is 5.69 Å². The van der Waals surface area contributed by atoms with Gasteiger partial charge < -0.3 is 15.3 Å². The first-order valence-corrected chi connectivity index (χ1v) is 5.70. The average molecular weight is 219 g/mol. The Labute approximate surface area is 94.1 Å². The minimum atomic E-state index is -0.149. The number of rotatable bonds is 4. The molecule has 16 heavy (non-hydrogen) atoms. The molecule has 0 radical (unpaired) electrons. The molecular formula is C12H17N3O. The summed E-state index contributed by atoms with van der Waals surface area (Å²) in [4.78, 5) is 16.7. The Balaban J connectivity index is 2.40. The van der Waals surface area contributed by atoms with Crippen LogP contribution in [-0.2, 0) is 0 Å². The van der Waals surface area contributed by atoms with E-state index in [-0.39, 0.29) is 5.69 Å². The largest absolute Gasteiger partial charge is 0.323 e. The van der Waals surface area contributed by atoms with Crippen molar-refractivity contribution in [3.63, 3.8) is 0 Å². The van der Waals surface area contributed by atoms with E-state index in [0.717, 1.165) is 24.0 Å². The lowest BCUT2D eigenvalue weighted by atomic mass is 10.0. The first kappa shape index (κ1) is 11.0. The predicted octanol–water partition coefficient (Wildman–Crippen LogP) is 1.92. The topological polar surface area (TPSA) is 60.7 Å². The number of fused-ring (bicyclic) bond motifs is 1. The van der Waals surface area contributed by atoms with Crippen molar-refractivity contribution in [3.8, 4) is 0 Å². The molecule has 1 heterocycles. The van der Waals surface area contributed by atoms with Crippen LogP contribution in [0.2, 0.25) is 0 Å². The van der Waals surface area contributed by atoms with E-state index < -0.39 is 0 Å². The zero-order chi connectivity index (χ0) is 11.5. The summed E-state index contributed by atoms with van der Waals surface area (Å²) in [5.41, 5.74) is 2.80. The number of benzene rings is 1. The monoisotopic (exact) mass is 219 g/mol. The highest BCUT2D eigenvalue weighted by atomic mass is 16.1. The maximum atomic E-state index is 11.1. The van der Waals surface area contributed by atoms with E-state index in [1.807, 2.05) is 12.1 Å². The molecule has 1 unspecified atom stereocenters. The van der Waals surface area contributed by atoms with Crippen molar-refractivity contribution in [1.82, 2.24) is 15.3 Å². The molecule has 2 rings (SSSR count). The molecule has 0 aliphatic rings. The van der Waals surface area contributed by atoms with Gasteiger partial charge in [-0.2, -0.15) is 0 Å². The molecule has 1 atom stereocenters. The standard InChI is InChI=1S/C12H17N3O/c1-3-9(13-4-2)8-5-6-10-11(7-8)15-12(16)14-10/h5-7,9,13H,3-4H2,1-2H3,(H2,14,15,16). The van der Waals surface area contributed by atoms with Crippen molar-refractivity contribution in [3.05, 3.63) is 34.2 Å². The third-order valence-electron chi connectivity index (χ3n) is 2.80. The zero-order valence-electron chi connectivity index (χ0n) is 9.63. The van der Waals surface area contributed by atoms with Crippen LogP contribution in [0.25, 0.3) is 11.0 Å². The zero-order valence-corrected chi connectivity index (χ0v) is 9.63. The van der Waals surface area contributed by atoms with Crippen LogP contribution in [0.5, 0.6) is 0 Å². The third kappa shape index (κ3) is 2.02. The van der Waals surface area contributed by atoms with Crippen LogP contribution in [0.4, 0.5) is 0 Å². The van der Waals surface area contributed by atoms with Crippen molar-refractivity contribution in [2.45, 2.75) is 26.3 Å². The molecule has 0 fully saturated rings. The summed E-state index contributed by atoms with van der Waals surface area (Å²) in [6.45, 7) is 5.19. The molecule has 2 aromatic rings. The predicted molar refractivity (Wildman–Crippen MR) is 65.6 cm³/mol. The number of H-pyrrole nitrogens is 2. The van der Waals surface area contributed by atoms with Gasteiger partial charge in [0.2, 0.25) is 0 Å². The molecule has 0 amide bonds. The third-order valence-corrected chi connectivity index (χ3v) is 2.80. The summed E-state index contributed by atoms with van der Waals surface area (Å²) in [6.07, 6.45) is 1.04. The summed E-state index contributed by atoms with van der Waals surface area (Å²) >= 11 is 0. The Bertz CT molecular complexity index is 526. The lowest BCUT2D eigenvalue weighted by Gasteiger charge is -2.15. The molecule has 0 bridgehead atoms. The highest BCUT2D eigenvalue weighted by molar-refractivity contribution is 5.75. The first-order chi connectivity index (χ1) is 7.74. The molecule has 4 heteroatoms. The number of nitrogens with one attached hydrogen (secondary N) is 3. The van der Waals surface area contributed by atoms with Crippen LogP contribution >= 0.6 is 0 Å². The Morgan fingerprint density at radius 1 is 1.25 bits per heavy atom. The molecule has 4 nitrogen and oxygen atoms in total. The van der Waals surface area contributed by atoms with Gasteiger partial charge in [0.1, 0.15) is 0 Å². The fraction of sp³-hybridized carbons (Fsp3) is 0.417. The Morgan fingerprint density at radius 2 is 2.00 bits per heavy atom. The number of hydrogen-bond donors (Lipinski definition) is 3. The molecule has 0 aliphatic carbocycles. The average Bonchev–Trinajstić information content (AvgIpc) is 2.64. The molecule has 0 saturated carbocycles. The van der Waals surface area contributed by atoms with E-state index in [9.17, 15) is 4.79 Å². The van der Waals surface area contributed by atoms with Crippen molar-refractivity contribution in [1.29, 1.82) is 0 Å². The van der Waals surface area contributed by atoms with E-state index in [4.69, 9.17) is 0 Å². The van der Waals surface area contributed by atoms with Gasteiger partial charge in [-0.15, -0.1) is 0 Å². The normalized spacial score (nSPS) is 13.1. The molecule has 1 aromatic carbocycles. The van der Waals surface area contributed by atoms with Crippen LogP contribution in [0.3, 0.4) is 0 Å². The van der Waals surface area contributed by atoms with Gasteiger partial charge in [-0.05, 0) is 30.7 Å². The minimum absolute atomic E-state index is 0.149. The maximum absolute atomic E-state index is 11.1. The second-order valence-corrected chi connectivity index (χ2v) is 3.90. The second kappa shape index (κ2) is 4.53. The van der Waals surface area contributed by atoms with E-state index in [1.165, 1.54) is 5.56 Å². The Morgan fingerprint density at radius 3 is 2.69 bits per heavy atom.